The fourth-order valence-corrected chi connectivity index (χ4v) is 14.9. The van der Waals surface area contributed by atoms with E-state index >= 15 is 0 Å². The minimum atomic E-state index is 0.733. The first kappa shape index (κ1) is 54.3. The standard InChI is InChI=1S/C86H57N5S/c1-5-18-57(19-6-1)46-64-48-65-54-88-56-89-86(65)76-43-41-69(51-78(64)76)90(68-40-42-72-63(49-68)34-33-61-24-13-14-28-71(61)72)67-38-35-59(36-39-67)62-37-44-84-81(50-62)82-52-79(80(53-85(82)92-84)77(60-22-9-3-10-23-60)47-58-20-7-2-8-21-58)74-29-15-31-75-73(74)30-16-32-83(75)91(66-25-11-4-12-26-66)70-27-17-45-87-55-70/h1-47,49-56H,48H2/b64-46-,77-47+. The summed E-state index contributed by atoms with van der Waals surface area (Å²) >= 11 is 1.86. The van der Waals surface area contributed by atoms with E-state index in [-0.39, 0.29) is 0 Å². The van der Waals surface area contributed by atoms with Gasteiger partial charge in [0.2, 0.25) is 0 Å². The highest BCUT2D eigenvalue weighted by molar-refractivity contribution is 7.25. The molecule has 0 amide bonds. The first-order valence-electron chi connectivity index (χ1n) is 31.2. The van der Waals surface area contributed by atoms with Crippen LogP contribution in [0.5, 0.6) is 0 Å². The molecule has 13 aromatic carbocycles. The van der Waals surface area contributed by atoms with Crippen molar-refractivity contribution in [1.82, 2.24) is 15.0 Å². The Balaban J connectivity index is 0.818. The van der Waals surface area contributed by atoms with E-state index in [1.54, 1.807) is 6.33 Å². The monoisotopic (exact) mass is 1190 g/mol. The summed E-state index contributed by atoms with van der Waals surface area (Å²) < 4.78 is 2.47. The van der Waals surface area contributed by atoms with Crippen LogP contribution in [-0.4, -0.2) is 15.0 Å². The number of anilines is 6. The van der Waals surface area contributed by atoms with Gasteiger partial charge in [-0.3, -0.25) is 4.98 Å². The van der Waals surface area contributed by atoms with E-state index in [0.29, 0.717) is 0 Å². The van der Waals surface area contributed by atoms with Crippen molar-refractivity contribution in [3.05, 3.63) is 356 Å². The number of para-hydroxylation sites is 1. The molecule has 0 saturated carbocycles. The molecule has 0 aliphatic heterocycles. The van der Waals surface area contributed by atoms with Gasteiger partial charge in [-0.05, 0) is 185 Å². The molecule has 0 fully saturated rings. The van der Waals surface area contributed by atoms with Crippen molar-refractivity contribution < 1.29 is 0 Å². The molecule has 16 aromatic rings. The smallest absolute Gasteiger partial charge is 0.116 e. The van der Waals surface area contributed by atoms with Gasteiger partial charge in [-0.2, -0.15) is 0 Å². The van der Waals surface area contributed by atoms with Crippen LogP contribution in [0.25, 0.3) is 109 Å². The number of rotatable bonds is 12. The number of nitrogens with zero attached hydrogens (tertiary/aromatic N) is 5. The van der Waals surface area contributed by atoms with Crippen molar-refractivity contribution in [2.24, 2.45) is 0 Å². The maximum Gasteiger partial charge on any atom is 0.116 e. The summed E-state index contributed by atoms with van der Waals surface area (Å²) in [5, 5.41) is 9.65. The predicted octanol–water partition coefficient (Wildman–Crippen LogP) is 23.3. The lowest BCUT2D eigenvalue weighted by Crippen LogP contribution is -2.12. The zero-order valence-electron chi connectivity index (χ0n) is 50.1. The van der Waals surface area contributed by atoms with Gasteiger partial charge in [0.15, 0.2) is 0 Å². The van der Waals surface area contributed by atoms with E-state index in [0.717, 1.165) is 113 Å². The molecule has 1 aliphatic rings. The molecule has 0 unspecified atom stereocenters. The maximum atomic E-state index is 4.86. The van der Waals surface area contributed by atoms with Crippen LogP contribution in [0.1, 0.15) is 33.4 Å². The van der Waals surface area contributed by atoms with Gasteiger partial charge in [0.1, 0.15) is 6.33 Å². The van der Waals surface area contributed by atoms with Crippen molar-refractivity contribution in [3.63, 3.8) is 0 Å². The second kappa shape index (κ2) is 23.3. The lowest BCUT2D eigenvalue weighted by molar-refractivity contribution is 1.09. The summed E-state index contributed by atoms with van der Waals surface area (Å²) in [6.45, 7) is 0. The summed E-state index contributed by atoms with van der Waals surface area (Å²) in [5.41, 5.74) is 22.4. The van der Waals surface area contributed by atoms with Crippen molar-refractivity contribution in [2.45, 2.75) is 6.42 Å². The second-order valence-corrected chi connectivity index (χ2v) is 24.6. The summed E-state index contributed by atoms with van der Waals surface area (Å²) in [5.74, 6) is 0. The molecule has 1 aliphatic carbocycles. The van der Waals surface area contributed by atoms with Crippen molar-refractivity contribution >= 4 is 121 Å². The molecule has 0 N–H and O–H groups in total. The van der Waals surface area contributed by atoms with Crippen LogP contribution in [0, 0.1) is 0 Å². The highest BCUT2D eigenvalue weighted by atomic mass is 32.1. The van der Waals surface area contributed by atoms with Crippen molar-refractivity contribution in [1.29, 1.82) is 0 Å². The molecule has 0 saturated heterocycles. The third-order valence-corrected chi connectivity index (χ3v) is 19.2. The van der Waals surface area contributed by atoms with Crippen LogP contribution < -0.4 is 9.80 Å². The van der Waals surface area contributed by atoms with Crippen LogP contribution in [-0.2, 0) is 6.42 Å². The fraction of sp³-hybridized carbons (Fsp3) is 0.0116. The number of hydrogen-bond acceptors (Lipinski definition) is 6. The third kappa shape index (κ3) is 9.96. The SMILES string of the molecule is C(=C1\Cc2cncnc2-c2ccc(N(c3ccc(-c4ccc5sc6cc(/C(=C/c7ccccc7)c7ccccc7)c(-c7cccc8c(N(c9ccccc9)c9cccnc9)cccc78)cc6c5c4)cc3)c3ccc4c(ccc5ccccc54)c3)cc21)/c1ccccc1. The molecule has 0 bridgehead atoms. The molecule has 0 atom stereocenters. The van der Waals surface area contributed by atoms with Gasteiger partial charge < -0.3 is 9.80 Å². The Morgan fingerprint density at radius 2 is 1.04 bits per heavy atom. The van der Waals surface area contributed by atoms with E-state index in [1.165, 1.54) is 58.4 Å². The fourth-order valence-electron chi connectivity index (χ4n) is 13.8. The van der Waals surface area contributed by atoms with Gasteiger partial charge in [-0.15, -0.1) is 11.3 Å². The number of benzene rings is 13. The molecule has 3 heterocycles. The minimum absolute atomic E-state index is 0.733. The number of allylic oxidation sites excluding steroid dienone is 1. The Bertz CT molecular complexity index is 5490. The van der Waals surface area contributed by atoms with Crippen molar-refractivity contribution in [2.75, 3.05) is 9.80 Å². The molecular formula is C86H57N5S. The zero-order chi connectivity index (χ0) is 60.9. The normalized spacial score (nSPS) is 12.6. The van der Waals surface area contributed by atoms with Gasteiger partial charge in [-0.25, -0.2) is 9.97 Å². The number of thiophene rings is 1. The van der Waals surface area contributed by atoms with E-state index in [4.69, 9.17) is 4.98 Å². The lowest BCUT2D eigenvalue weighted by atomic mass is 9.84. The van der Waals surface area contributed by atoms with Crippen LogP contribution in [0.3, 0.4) is 0 Å². The summed E-state index contributed by atoms with van der Waals surface area (Å²) in [4.78, 5) is 18.6. The highest BCUT2D eigenvalue weighted by Gasteiger charge is 2.26. The molecular weight excluding hydrogens is 1140 g/mol. The van der Waals surface area contributed by atoms with Gasteiger partial charge in [0.25, 0.3) is 0 Å². The van der Waals surface area contributed by atoms with Crippen LogP contribution in [0.4, 0.5) is 34.1 Å². The molecule has 92 heavy (non-hydrogen) atoms. The van der Waals surface area contributed by atoms with Gasteiger partial charge in [-0.1, -0.05) is 212 Å². The Kier molecular flexibility index (Phi) is 13.7. The molecule has 5 nitrogen and oxygen atoms in total. The van der Waals surface area contributed by atoms with E-state index in [9.17, 15) is 0 Å². The Hall–Kier alpha value is -11.8. The number of pyridine rings is 1. The topological polar surface area (TPSA) is 45.2 Å². The summed E-state index contributed by atoms with van der Waals surface area (Å²) in [6.07, 6.45) is 12.8. The molecule has 17 rings (SSSR count). The zero-order valence-corrected chi connectivity index (χ0v) is 50.9. The summed E-state index contributed by atoms with van der Waals surface area (Å²) in [7, 11) is 0. The van der Waals surface area contributed by atoms with Crippen LogP contribution in [0.2, 0.25) is 0 Å². The van der Waals surface area contributed by atoms with E-state index < -0.39 is 0 Å². The van der Waals surface area contributed by atoms with Gasteiger partial charge in [0.05, 0.1) is 23.3 Å². The molecule has 3 aromatic heterocycles. The first-order chi connectivity index (χ1) is 45.6. The van der Waals surface area contributed by atoms with E-state index in [2.05, 4.69) is 323 Å². The van der Waals surface area contributed by atoms with Gasteiger partial charge in [0, 0.05) is 78.2 Å². The quantitative estimate of drug-likeness (QED) is 0.0901. The third-order valence-electron chi connectivity index (χ3n) is 18.1. The number of aromatic nitrogens is 3. The first-order valence-corrected chi connectivity index (χ1v) is 32.0. The number of hydrogen-bond donors (Lipinski definition) is 0. The highest BCUT2D eigenvalue weighted by Crippen LogP contribution is 2.49. The molecule has 432 valence electrons. The maximum absolute atomic E-state index is 4.86. The van der Waals surface area contributed by atoms with Crippen LogP contribution >= 0.6 is 11.3 Å². The van der Waals surface area contributed by atoms with Crippen molar-refractivity contribution in [3.8, 4) is 33.5 Å². The number of fused-ring (bicyclic) bond motifs is 10. The average molecular weight is 1190 g/mol. The van der Waals surface area contributed by atoms with Crippen LogP contribution in [0.15, 0.2) is 322 Å². The average Bonchev–Trinajstić information content (AvgIpc) is 1.34. The predicted molar refractivity (Wildman–Crippen MR) is 389 cm³/mol. The second-order valence-electron chi connectivity index (χ2n) is 23.6. The Labute approximate surface area is 538 Å². The summed E-state index contributed by atoms with van der Waals surface area (Å²) in [6, 6.07) is 109. The molecule has 6 heteroatoms. The Morgan fingerprint density at radius 3 is 1.87 bits per heavy atom. The minimum Gasteiger partial charge on any atom is -0.310 e. The molecule has 0 spiro atoms. The Morgan fingerprint density at radius 1 is 0.380 bits per heavy atom. The van der Waals surface area contributed by atoms with E-state index in [1.807, 2.05) is 36.0 Å². The molecule has 0 radical (unpaired) electrons. The largest absolute Gasteiger partial charge is 0.310 e. The van der Waals surface area contributed by atoms with Gasteiger partial charge >= 0.3 is 0 Å². The lowest BCUT2D eigenvalue weighted by Gasteiger charge is -2.29.